The number of thiazole rings is 1. The molecule has 37 heavy (non-hydrogen) atoms. The number of thioether (sulfide) groups is 1. The van der Waals surface area contributed by atoms with Gasteiger partial charge in [-0.2, -0.15) is 4.31 Å². The first-order chi connectivity index (χ1) is 18.0. The molecule has 0 bridgehead atoms. The molecule has 0 atom stereocenters. The Kier molecular flexibility index (Phi) is 6.41. The van der Waals surface area contributed by atoms with Gasteiger partial charge in [0.2, 0.25) is 10.0 Å². The highest BCUT2D eigenvalue weighted by molar-refractivity contribution is 7.98. The highest BCUT2D eigenvalue weighted by Gasteiger charge is 2.28. The van der Waals surface area contributed by atoms with E-state index >= 15 is 0 Å². The van der Waals surface area contributed by atoms with Crippen LogP contribution < -0.4 is 5.56 Å². The van der Waals surface area contributed by atoms with Gasteiger partial charge in [-0.1, -0.05) is 42.1 Å². The second-order valence-corrected chi connectivity index (χ2v) is 12.3. The van der Waals surface area contributed by atoms with E-state index in [1.165, 1.54) is 37.9 Å². The Labute approximate surface area is 221 Å². The maximum absolute atomic E-state index is 13.2. The van der Waals surface area contributed by atoms with Gasteiger partial charge < -0.3 is 0 Å². The summed E-state index contributed by atoms with van der Waals surface area (Å²) in [6.45, 7) is 1.09. The lowest BCUT2D eigenvalue weighted by Crippen LogP contribution is -2.27. The molecule has 0 unspecified atom stereocenters. The maximum Gasteiger partial charge on any atom is 0.258 e. The number of sulfonamides is 1. The lowest BCUT2D eigenvalue weighted by molar-refractivity contribution is 0.477. The smallest absolute Gasteiger partial charge is 0.258 e. The topological polar surface area (TPSA) is 102 Å². The largest absolute Gasteiger partial charge is 0.270 e. The average molecular weight is 551 g/mol. The van der Waals surface area contributed by atoms with E-state index in [0.29, 0.717) is 46.0 Å². The fraction of sp³-hybridized carbons (Fsp3) is 0.200. The molecule has 5 aromatic rings. The molecule has 0 aliphatic carbocycles. The van der Waals surface area contributed by atoms with Gasteiger partial charge in [0.15, 0.2) is 15.9 Å². The van der Waals surface area contributed by atoms with E-state index in [1.807, 2.05) is 46.3 Å². The molecular formula is C25H22N6O3S3. The first kappa shape index (κ1) is 24.0. The van der Waals surface area contributed by atoms with Crippen molar-refractivity contribution in [3.63, 3.8) is 0 Å². The summed E-state index contributed by atoms with van der Waals surface area (Å²) >= 11 is 2.83. The van der Waals surface area contributed by atoms with Crippen molar-refractivity contribution in [3.05, 3.63) is 88.3 Å². The maximum atomic E-state index is 13.2. The van der Waals surface area contributed by atoms with Crippen LogP contribution in [0.4, 0.5) is 0 Å². The monoisotopic (exact) mass is 550 g/mol. The highest BCUT2D eigenvalue weighted by Crippen LogP contribution is 2.31. The van der Waals surface area contributed by atoms with Crippen LogP contribution in [0, 0.1) is 0 Å². The van der Waals surface area contributed by atoms with Gasteiger partial charge in [-0.15, -0.1) is 21.5 Å². The number of hydrogen-bond donors (Lipinski definition) is 0. The minimum atomic E-state index is -3.57. The third-order valence-electron chi connectivity index (χ3n) is 6.15. The second-order valence-electron chi connectivity index (χ2n) is 8.55. The van der Waals surface area contributed by atoms with E-state index in [0.717, 1.165) is 18.5 Å². The van der Waals surface area contributed by atoms with Gasteiger partial charge in [-0.05, 0) is 37.1 Å². The summed E-state index contributed by atoms with van der Waals surface area (Å²) in [5, 5.41) is 11.3. The SMILES string of the molecule is O=c1cc(CSc2nnc(-c3cccc(S(=O)(=O)N4CCCC4)c3)n2-c2ccccc2)nc2sccn12. The van der Waals surface area contributed by atoms with Gasteiger partial charge in [0, 0.05) is 47.7 Å². The molecule has 6 rings (SSSR count). The Morgan fingerprint density at radius 2 is 1.78 bits per heavy atom. The molecule has 0 N–H and O–H groups in total. The van der Waals surface area contributed by atoms with Crippen LogP contribution in [0.5, 0.6) is 0 Å². The Morgan fingerprint density at radius 1 is 0.973 bits per heavy atom. The summed E-state index contributed by atoms with van der Waals surface area (Å²) in [4.78, 5) is 17.9. The average Bonchev–Trinajstić information content (AvgIpc) is 3.69. The van der Waals surface area contributed by atoms with Gasteiger partial charge in [0.1, 0.15) is 0 Å². The number of aromatic nitrogens is 5. The van der Waals surface area contributed by atoms with Gasteiger partial charge in [0.25, 0.3) is 5.56 Å². The molecule has 0 radical (unpaired) electrons. The molecule has 1 fully saturated rings. The minimum Gasteiger partial charge on any atom is -0.270 e. The molecule has 1 aliphatic heterocycles. The molecule has 0 spiro atoms. The van der Waals surface area contributed by atoms with Crippen molar-refractivity contribution in [2.24, 2.45) is 0 Å². The van der Waals surface area contributed by atoms with Crippen molar-refractivity contribution in [2.75, 3.05) is 13.1 Å². The van der Waals surface area contributed by atoms with Crippen molar-refractivity contribution < 1.29 is 8.42 Å². The lowest BCUT2D eigenvalue weighted by atomic mass is 10.2. The molecule has 9 nitrogen and oxygen atoms in total. The predicted molar refractivity (Wildman–Crippen MR) is 144 cm³/mol. The van der Waals surface area contributed by atoms with E-state index in [4.69, 9.17) is 0 Å². The fourth-order valence-electron chi connectivity index (χ4n) is 4.33. The standard InChI is InChI=1S/C25H22N6O3S3/c32-22-16-19(26-24-30(22)13-14-35-24)17-36-25-28-27-23(31(25)20-8-2-1-3-9-20)18-7-6-10-21(15-18)37(33,34)29-11-4-5-12-29/h1-3,6-10,13-16H,4-5,11-12,17H2. The molecule has 1 aliphatic rings. The number of hydrogen-bond acceptors (Lipinski definition) is 8. The fourth-order valence-corrected chi connectivity index (χ4v) is 7.48. The summed E-state index contributed by atoms with van der Waals surface area (Å²) in [7, 11) is -3.57. The summed E-state index contributed by atoms with van der Waals surface area (Å²) in [5.41, 5.74) is 2.03. The van der Waals surface area contributed by atoms with E-state index in [9.17, 15) is 13.2 Å². The van der Waals surface area contributed by atoms with Crippen molar-refractivity contribution in [3.8, 4) is 17.1 Å². The van der Waals surface area contributed by atoms with E-state index < -0.39 is 10.0 Å². The molecular weight excluding hydrogens is 529 g/mol. The van der Waals surface area contributed by atoms with Gasteiger partial charge in [-0.25, -0.2) is 13.4 Å². The zero-order chi connectivity index (χ0) is 25.4. The molecule has 188 valence electrons. The van der Waals surface area contributed by atoms with Crippen LogP contribution in [0.3, 0.4) is 0 Å². The Hall–Kier alpha value is -3.32. The quantitative estimate of drug-likeness (QED) is 0.281. The number of nitrogens with zero attached hydrogens (tertiary/aromatic N) is 6. The van der Waals surface area contributed by atoms with Gasteiger partial charge >= 0.3 is 0 Å². The summed E-state index contributed by atoms with van der Waals surface area (Å²) in [6, 6.07) is 18.1. The molecule has 0 amide bonds. The number of benzene rings is 2. The van der Waals surface area contributed by atoms with Crippen LogP contribution in [-0.4, -0.2) is 50.0 Å². The molecule has 12 heteroatoms. The zero-order valence-electron chi connectivity index (χ0n) is 19.6. The van der Waals surface area contributed by atoms with Crippen molar-refractivity contribution in [2.45, 2.75) is 28.6 Å². The van der Waals surface area contributed by atoms with Gasteiger partial charge in [-0.3, -0.25) is 13.8 Å². The third-order valence-corrected chi connectivity index (χ3v) is 9.76. The number of rotatable bonds is 7. The van der Waals surface area contributed by atoms with Crippen LogP contribution in [-0.2, 0) is 15.8 Å². The second kappa shape index (κ2) is 9.86. The van der Waals surface area contributed by atoms with Crippen molar-refractivity contribution in [1.29, 1.82) is 0 Å². The predicted octanol–water partition coefficient (Wildman–Crippen LogP) is 4.08. The van der Waals surface area contributed by atoms with Crippen molar-refractivity contribution in [1.82, 2.24) is 28.5 Å². The first-order valence-corrected chi connectivity index (χ1v) is 15.0. The van der Waals surface area contributed by atoms with Crippen LogP contribution >= 0.6 is 23.1 Å². The summed E-state index contributed by atoms with van der Waals surface area (Å²) < 4.78 is 31.3. The van der Waals surface area contributed by atoms with Crippen LogP contribution in [0.15, 0.2) is 87.1 Å². The molecule has 1 saturated heterocycles. The normalized spacial score (nSPS) is 14.5. The zero-order valence-corrected chi connectivity index (χ0v) is 22.0. The molecule has 4 heterocycles. The first-order valence-electron chi connectivity index (χ1n) is 11.7. The van der Waals surface area contributed by atoms with E-state index in [1.54, 1.807) is 24.4 Å². The highest BCUT2D eigenvalue weighted by atomic mass is 32.2. The summed E-state index contributed by atoms with van der Waals surface area (Å²) in [5.74, 6) is 0.965. The Morgan fingerprint density at radius 3 is 2.59 bits per heavy atom. The Bertz CT molecular complexity index is 1740. The lowest BCUT2D eigenvalue weighted by Gasteiger charge is -2.16. The number of fused-ring (bicyclic) bond motifs is 1. The molecule has 0 saturated carbocycles. The Balaban J connectivity index is 1.38. The van der Waals surface area contributed by atoms with Crippen LogP contribution in [0.1, 0.15) is 18.5 Å². The van der Waals surface area contributed by atoms with Crippen LogP contribution in [0.25, 0.3) is 22.0 Å². The number of para-hydroxylation sites is 1. The van der Waals surface area contributed by atoms with E-state index in [2.05, 4.69) is 15.2 Å². The van der Waals surface area contributed by atoms with Crippen molar-refractivity contribution >= 4 is 38.1 Å². The minimum absolute atomic E-state index is 0.122. The summed E-state index contributed by atoms with van der Waals surface area (Å²) in [6.07, 6.45) is 3.47. The molecule has 3 aromatic heterocycles. The third kappa shape index (κ3) is 4.61. The molecule has 2 aromatic carbocycles. The van der Waals surface area contributed by atoms with E-state index in [-0.39, 0.29) is 10.5 Å². The van der Waals surface area contributed by atoms with Crippen LogP contribution in [0.2, 0.25) is 0 Å². The van der Waals surface area contributed by atoms with Gasteiger partial charge in [0.05, 0.1) is 10.6 Å².